The van der Waals surface area contributed by atoms with Crippen LogP contribution in [0.2, 0.25) is 10.0 Å². The van der Waals surface area contributed by atoms with Crippen LogP contribution in [0, 0.1) is 13.8 Å². The zero-order chi connectivity index (χ0) is 13.3. The van der Waals surface area contributed by atoms with Gasteiger partial charge in [-0.05, 0) is 37.1 Å². The second kappa shape index (κ2) is 5.04. The van der Waals surface area contributed by atoms with E-state index in [1.54, 1.807) is 6.07 Å². The van der Waals surface area contributed by atoms with Crippen molar-refractivity contribution in [3.05, 3.63) is 45.4 Å². The Bertz CT molecular complexity index is 597. The SMILES string of the molecule is Cc1ccc(C)c(Nc2nc(N)c(Cl)cc2Cl)c1. The average Bonchev–Trinajstić information content (AvgIpc) is 2.30. The van der Waals surface area contributed by atoms with Crippen molar-refractivity contribution in [2.75, 3.05) is 11.1 Å². The lowest BCUT2D eigenvalue weighted by molar-refractivity contribution is 1.29. The van der Waals surface area contributed by atoms with Crippen LogP contribution < -0.4 is 11.1 Å². The van der Waals surface area contributed by atoms with Crippen molar-refractivity contribution in [2.45, 2.75) is 13.8 Å². The van der Waals surface area contributed by atoms with Crippen LogP contribution in [0.25, 0.3) is 0 Å². The van der Waals surface area contributed by atoms with Crippen molar-refractivity contribution in [1.29, 1.82) is 0 Å². The van der Waals surface area contributed by atoms with Crippen LogP contribution in [0.1, 0.15) is 11.1 Å². The number of halogens is 2. The first kappa shape index (κ1) is 13.0. The lowest BCUT2D eigenvalue weighted by atomic mass is 10.1. The summed E-state index contributed by atoms with van der Waals surface area (Å²) in [6, 6.07) is 7.69. The van der Waals surface area contributed by atoms with E-state index in [9.17, 15) is 0 Å². The molecule has 18 heavy (non-hydrogen) atoms. The van der Waals surface area contributed by atoms with E-state index >= 15 is 0 Å². The number of anilines is 3. The molecule has 2 rings (SSSR count). The lowest BCUT2D eigenvalue weighted by Crippen LogP contribution is -2.00. The van der Waals surface area contributed by atoms with Gasteiger partial charge in [0, 0.05) is 5.69 Å². The minimum atomic E-state index is 0.258. The summed E-state index contributed by atoms with van der Waals surface area (Å²) in [4.78, 5) is 4.14. The molecule has 1 heterocycles. The van der Waals surface area contributed by atoms with Crippen LogP contribution in [-0.4, -0.2) is 4.98 Å². The van der Waals surface area contributed by atoms with Gasteiger partial charge in [-0.2, -0.15) is 0 Å². The average molecular weight is 282 g/mol. The Kier molecular flexibility index (Phi) is 3.64. The topological polar surface area (TPSA) is 50.9 Å². The molecular weight excluding hydrogens is 269 g/mol. The molecule has 0 aliphatic heterocycles. The van der Waals surface area contributed by atoms with Gasteiger partial charge in [0.1, 0.15) is 5.82 Å². The zero-order valence-corrected chi connectivity index (χ0v) is 11.6. The minimum Gasteiger partial charge on any atom is -0.382 e. The Labute approximate surface area is 116 Å². The molecule has 3 nitrogen and oxygen atoms in total. The van der Waals surface area contributed by atoms with Crippen molar-refractivity contribution in [2.24, 2.45) is 0 Å². The molecule has 2 aromatic rings. The molecule has 3 N–H and O–H groups in total. The van der Waals surface area contributed by atoms with E-state index in [0.717, 1.165) is 16.8 Å². The number of nitrogens with zero attached hydrogens (tertiary/aromatic N) is 1. The third kappa shape index (κ3) is 2.68. The van der Waals surface area contributed by atoms with Crippen LogP contribution >= 0.6 is 23.2 Å². The summed E-state index contributed by atoms with van der Waals surface area (Å²) < 4.78 is 0. The molecular formula is C13H13Cl2N3. The first-order chi connectivity index (χ1) is 8.47. The molecule has 0 amide bonds. The van der Waals surface area contributed by atoms with Crippen molar-refractivity contribution >= 4 is 40.5 Å². The summed E-state index contributed by atoms with van der Waals surface area (Å²) >= 11 is 11.9. The van der Waals surface area contributed by atoms with Gasteiger partial charge in [-0.15, -0.1) is 0 Å². The number of rotatable bonds is 2. The molecule has 0 saturated carbocycles. The predicted octanol–water partition coefficient (Wildman–Crippen LogP) is 4.33. The number of nitrogen functional groups attached to an aromatic ring is 1. The molecule has 0 radical (unpaired) electrons. The van der Waals surface area contributed by atoms with Gasteiger partial charge < -0.3 is 11.1 Å². The Morgan fingerprint density at radius 2 is 1.83 bits per heavy atom. The highest BCUT2D eigenvalue weighted by molar-refractivity contribution is 6.37. The fourth-order valence-electron chi connectivity index (χ4n) is 1.57. The molecule has 0 spiro atoms. The quantitative estimate of drug-likeness (QED) is 0.861. The normalized spacial score (nSPS) is 10.4. The van der Waals surface area contributed by atoms with Gasteiger partial charge in [0.05, 0.1) is 10.0 Å². The summed E-state index contributed by atoms with van der Waals surface area (Å²) in [5.41, 5.74) is 8.88. The highest BCUT2D eigenvalue weighted by Gasteiger charge is 2.08. The summed E-state index contributed by atoms with van der Waals surface area (Å²) in [6.07, 6.45) is 0. The molecule has 94 valence electrons. The minimum absolute atomic E-state index is 0.258. The molecule has 0 bridgehead atoms. The summed E-state index contributed by atoms with van der Waals surface area (Å²) in [6.45, 7) is 4.03. The first-order valence-electron chi connectivity index (χ1n) is 5.43. The van der Waals surface area contributed by atoms with Gasteiger partial charge in [-0.25, -0.2) is 4.98 Å². The number of aryl methyl sites for hydroxylation is 2. The Balaban J connectivity index is 2.40. The smallest absolute Gasteiger partial charge is 0.151 e. The second-order valence-electron chi connectivity index (χ2n) is 4.13. The Morgan fingerprint density at radius 1 is 1.11 bits per heavy atom. The number of pyridine rings is 1. The van der Waals surface area contributed by atoms with Crippen LogP contribution in [0.4, 0.5) is 17.3 Å². The summed E-state index contributed by atoms with van der Waals surface area (Å²) in [5.74, 6) is 0.765. The second-order valence-corrected chi connectivity index (χ2v) is 4.94. The molecule has 0 fully saturated rings. The van der Waals surface area contributed by atoms with Gasteiger partial charge in [0.2, 0.25) is 0 Å². The van der Waals surface area contributed by atoms with Gasteiger partial charge >= 0.3 is 0 Å². The van der Waals surface area contributed by atoms with E-state index in [-0.39, 0.29) is 5.82 Å². The molecule has 0 atom stereocenters. The van der Waals surface area contributed by atoms with E-state index in [2.05, 4.69) is 10.3 Å². The van der Waals surface area contributed by atoms with E-state index in [1.807, 2.05) is 32.0 Å². The number of aromatic nitrogens is 1. The predicted molar refractivity (Wildman–Crippen MR) is 77.9 cm³/mol. The molecule has 0 aliphatic carbocycles. The molecule has 0 aliphatic rings. The van der Waals surface area contributed by atoms with Crippen molar-refractivity contribution in [1.82, 2.24) is 4.98 Å². The van der Waals surface area contributed by atoms with E-state index in [4.69, 9.17) is 28.9 Å². The Hall–Kier alpha value is -1.45. The van der Waals surface area contributed by atoms with E-state index < -0.39 is 0 Å². The van der Waals surface area contributed by atoms with Crippen LogP contribution in [0.5, 0.6) is 0 Å². The van der Waals surface area contributed by atoms with Gasteiger partial charge in [-0.1, -0.05) is 35.3 Å². The highest BCUT2D eigenvalue weighted by Crippen LogP contribution is 2.30. The molecule has 5 heteroatoms. The maximum absolute atomic E-state index is 6.08. The molecule has 0 saturated heterocycles. The number of nitrogens with two attached hydrogens (primary N) is 1. The number of hydrogen-bond donors (Lipinski definition) is 2. The largest absolute Gasteiger partial charge is 0.382 e. The highest BCUT2D eigenvalue weighted by atomic mass is 35.5. The summed E-state index contributed by atoms with van der Waals surface area (Å²) in [7, 11) is 0. The maximum Gasteiger partial charge on any atom is 0.151 e. The van der Waals surface area contributed by atoms with Crippen molar-refractivity contribution in [3.8, 4) is 0 Å². The zero-order valence-electron chi connectivity index (χ0n) is 10.1. The van der Waals surface area contributed by atoms with Crippen molar-refractivity contribution in [3.63, 3.8) is 0 Å². The molecule has 0 unspecified atom stereocenters. The monoisotopic (exact) mass is 281 g/mol. The number of hydrogen-bond acceptors (Lipinski definition) is 3. The summed E-state index contributed by atoms with van der Waals surface area (Å²) in [5, 5.41) is 3.96. The lowest BCUT2D eigenvalue weighted by Gasteiger charge is -2.12. The van der Waals surface area contributed by atoms with E-state index in [1.165, 1.54) is 0 Å². The standard InChI is InChI=1S/C13H13Cl2N3/c1-7-3-4-8(2)11(5-7)17-13-10(15)6-9(14)12(16)18-13/h3-6H,1-2H3,(H3,16,17,18). The van der Waals surface area contributed by atoms with Gasteiger partial charge in [0.25, 0.3) is 0 Å². The van der Waals surface area contributed by atoms with Gasteiger partial charge in [-0.3, -0.25) is 0 Å². The van der Waals surface area contributed by atoms with E-state index in [0.29, 0.717) is 15.9 Å². The number of nitrogens with one attached hydrogen (secondary N) is 1. The Morgan fingerprint density at radius 3 is 2.56 bits per heavy atom. The van der Waals surface area contributed by atoms with Gasteiger partial charge in [0.15, 0.2) is 5.82 Å². The number of benzene rings is 1. The first-order valence-corrected chi connectivity index (χ1v) is 6.19. The van der Waals surface area contributed by atoms with Crippen LogP contribution in [-0.2, 0) is 0 Å². The van der Waals surface area contributed by atoms with Crippen LogP contribution in [0.3, 0.4) is 0 Å². The van der Waals surface area contributed by atoms with Crippen LogP contribution in [0.15, 0.2) is 24.3 Å². The fourth-order valence-corrected chi connectivity index (χ4v) is 1.97. The maximum atomic E-state index is 6.08. The molecule has 1 aromatic heterocycles. The third-order valence-corrected chi connectivity index (χ3v) is 3.19. The van der Waals surface area contributed by atoms with Crippen molar-refractivity contribution < 1.29 is 0 Å². The molecule has 1 aromatic carbocycles. The fraction of sp³-hybridized carbons (Fsp3) is 0.154. The third-order valence-electron chi connectivity index (χ3n) is 2.60.